The molecule has 142 valence electrons. The predicted octanol–water partition coefficient (Wildman–Crippen LogP) is 3.65. The van der Waals surface area contributed by atoms with Gasteiger partial charge in [0, 0.05) is 16.9 Å². The van der Waals surface area contributed by atoms with Crippen LogP contribution in [-0.2, 0) is 6.42 Å². The molecule has 0 fully saturated rings. The van der Waals surface area contributed by atoms with E-state index in [1.807, 2.05) is 42.5 Å². The standard InChI is InChI=1S/C21H22N6O/c1-11(2)7-13-10-16(27-21(24)25-13)12-8-14(22)19-18(9-12)28-17-6-4-3-5-15(17)26-20(19)23/h3-6,8-11H,7,22H2,1-2H3,(H2,23,26)(H2,24,25,27). The zero-order valence-corrected chi connectivity index (χ0v) is 15.8. The molecule has 1 aliphatic heterocycles. The maximum absolute atomic E-state index is 6.32. The van der Waals surface area contributed by atoms with Gasteiger partial charge < -0.3 is 21.9 Å². The van der Waals surface area contributed by atoms with Gasteiger partial charge in [0.05, 0.1) is 11.3 Å². The fourth-order valence-electron chi connectivity index (χ4n) is 3.27. The van der Waals surface area contributed by atoms with Crippen molar-refractivity contribution < 1.29 is 4.74 Å². The largest absolute Gasteiger partial charge is 0.454 e. The first-order valence-electron chi connectivity index (χ1n) is 9.09. The van der Waals surface area contributed by atoms with Gasteiger partial charge in [0.2, 0.25) is 5.95 Å². The Morgan fingerprint density at radius 2 is 1.75 bits per heavy atom. The number of aromatic nitrogens is 2. The summed E-state index contributed by atoms with van der Waals surface area (Å²) in [6.07, 6.45) is 0.809. The number of nitrogens with zero attached hydrogens (tertiary/aromatic N) is 3. The lowest BCUT2D eigenvalue weighted by molar-refractivity contribution is 0.485. The molecule has 0 amide bonds. The van der Waals surface area contributed by atoms with E-state index in [4.69, 9.17) is 21.9 Å². The van der Waals surface area contributed by atoms with E-state index in [-0.39, 0.29) is 5.95 Å². The quantitative estimate of drug-likeness (QED) is 0.601. The van der Waals surface area contributed by atoms with Crippen molar-refractivity contribution in [3.8, 4) is 22.8 Å². The molecule has 0 aliphatic carbocycles. The van der Waals surface area contributed by atoms with Crippen molar-refractivity contribution in [3.05, 3.63) is 53.7 Å². The highest BCUT2D eigenvalue weighted by molar-refractivity contribution is 6.07. The summed E-state index contributed by atoms with van der Waals surface area (Å²) < 4.78 is 6.09. The van der Waals surface area contributed by atoms with Crippen molar-refractivity contribution in [2.75, 3.05) is 11.5 Å². The average Bonchev–Trinajstić information content (AvgIpc) is 2.76. The van der Waals surface area contributed by atoms with Crippen LogP contribution in [0.5, 0.6) is 11.5 Å². The van der Waals surface area contributed by atoms with Gasteiger partial charge in [-0.05, 0) is 42.7 Å². The normalized spacial score (nSPS) is 12.6. The second kappa shape index (κ2) is 6.84. The van der Waals surface area contributed by atoms with E-state index in [2.05, 4.69) is 28.8 Å². The maximum atomic E-state index is 6.32. The topological polar surface area (TPSA) is 125 Å². The summed E-state index contributed by atoms with van der Waals surface area (Å²) in [4.78, 5) is 13.2. The Labute approximate surface area is 163 Å². The summed E-state index contributed by atoms with van der Waals surface area (Å²) in [6, 6.07) is 13.0. The molecule has 1 aliphatic rings. The molecular formula is C21H22N6O. The smallest absolute Gasteiger partial charge is 0.220 e. The number of aliphatic imine (C=N–C) groups is 1. The zero-order valence-electron chi connectivity index (χ0n) is 15.8. The van der Waals surface area contributed by atoms with Crippen LogP contribution < -0.4 is 21.9 Å². The third-order valence-electron chi connectivity index (χ3n) is 4.42. The second-order valence-corrected chi connectivity index (χ2v) is 7.21. The lowest BCUT2D eigenvalue weighted by Crippen LogP contribution is -2.15. The van der Waals surface area contributed by atoms with Gasteiger partial charge in [0.1, 0.15) is 17.3 Å². The van der Waals surface area contributed by atoms with Crippen LogP contribution in [0.3, 0.4) is 0 Å². The zero-order chi connectivity index (χ0) is 19.8. The molecule has 2 aromatic carbocycles. The fraction of sp³-hybridized carbons (Fsp3) is 0.190. The number of para-hydroxylation sites is 2. The third kappa shape index (κ3) is 3.34. The van der Waals surface area contributed by atoms with Crippen molar-refractivity contribution in [2.45, 2.75) is 20.3 Å². The molecule has 7 nitrogen and oxygen atoms in total. The van der Waals surface area contributed by atoms with Crippen LogP contribution in [0.25, 0.3) is 11.3 Å². The maximum Gasteiger partial charge on any atom is 0.220 e. The molecule has 3 aromatic rings. The van der Waals surface area contributed by atoms with E-state index in [1.165, 1.54) is 0 Å². The number of rotatable bonds is 3. The van der Waals surface area contributed by atoms with Crippen LogP contribution in [0.15, 0.2) is 47.5 Å². The molecule has 0 radical (unpaired) electrons. The minimum Gasteiger partial charge on any atom is -0.454 e. The molecule has 28 heavy (non-hydrogen) atoms. The lowest BCUT2D eigenvalue weighted by Gasteiger charge is -2.14. The number of amidine groups is 1. The summed E-state index contributed by atoms with van der Waals surface area (Å²) in [5.74, 6) is 2.14. The SMILES string of the molecule is CC(C)Cc1cc(-c2cc(N)c3c(c2)Oc2ccccc2N=C3N)nc(N)n1. The molecule has 0 bridgehead atoms. The van der Waals surface area contributed by atoms with Gasteiger partial charge in [-0.1, -0.05) is 26.0 Å². The van der Waals surface area contributed by atoms with Gasteiger partial charge in [-0.2, -0.15) is 0 Å². The lowest BCUT2D eigenvalue weighted by atomic mass is 10.0. The summed E-state index contributed by atoms with van der Waals surface area (Å²) in [7, 11) is 0. The molecule has 4 rings (SSSR count). The average molecular weight is 374 g/mol. The molecule has 7 heteroatoms. The first kappa shape index (κ1) is 17.8. The highest BCUT2D eigenvalue weighted by atomic mass is 16.5. The van der Waals surface area contributed by atoms with E-state index >= 15 is 0 Å². The Bertz CT molecular complexity index is 1090. The number of anilines is 2. The molecule has 6 N–H and O–H groups in total. The van der Waals surface area contributed by atoms with E-state index < -0.39 is 0 Å². The van der Waals surface area contributed by atoms with Crippen molar-refractivity contribution in [2.24, 2.45) is 16.6 Å². The molecule has 0 spiro atoms. The van der Waals surface area contributed by atoms with Gasteiger partial charge in [0.15, 0.2) is 5.75 Å². The van der Waals surface area contributed by atoms with Crippen molar-refractivity contribution in [1.82, 2.24) is 9.97 Å². The second-order valence-electron chi connectivity index (χ2n) is 7.21. The number of benzene rings is 2. The Hall–Kier alpha value is -3.61. The Kier molecular flexibility index (Phi) is 4.35. The van der Waals surface area contributed by atoms with Crippen LogP contribution in [0.1, 0.15) is 25.1 Å². The molecule has 0 saturated carbocycles. The minimum absolute atomic E-state index is 0.231. The van der Waals surface area contributed by atoms with E-state index in [0.717, 1.165) is 17.7 Å². The van der Waals surface area contributed by atoms with Crippen LogP contribution in [0.2, 0.25) is 0 Å². The number of fused-ring (bicyclic) bond motifs is 2. The molecule has 1 aromatic heterocycles. The van der Waals surface area contributed by atoms with Gasteiger partial charge in [-0.15, -0.1) is 0 Å². The van der Waals surface area contributed by atoms with Crippen molar-refractivity contribution in [3.63, 3.8) is 0 Å². The predicted molar refractivity (Wildman–Crippen MR) is 112 cm³/mol. The van der Waals surface area contributed by atoms with Gasteiger partial charge in [0.25, 0.3) is 0 Å². The summed E-state index contributed by atoms with van der Waals surface area (Å²) in [6.45, 7) is 4.26. The van der Waals surface area contributed by atoms with E-state index in [9.17, 15) is 0 Å². The number of nitrogen functional groups attached to an aromatic ring is 2. The molecular weight excluding hydrogens is 352 g/mol. The first-order chi connectivity index (χ1) is 13.4. The first-order valence-corrected chi connectivity index (χ1v) is 9.09. The highest BCUT2D eigenvalue weighted by Gasteiger charge is 2.21. The Morgan fingerprint density at radius 1 is 0.964 bits per heavy atom. The molecule has 0 saturated heterocycles. The number of nitrogens with two attached hydrogens (primary N) is 3. The summed E-state index contributed by atoms with van der Waals surface area (Å²) in [5, 5.41) is 0. The number of hydrogen-bond donors (Lipinski definition) is 3. The third-order valence-corrected chi connectivity index (χ3v) is 4.42. The van der Waals surface area contributed by atoms with Crippen LogP contribution >= 0.6 is 0 Å². The van der Waals surface area contributed by atoms with Crippen LogP contribution in [0, 0.1) is 5.92 Å². The molecule has 0 unspecified atom stereocenters. The highest BCUT2D eigenvalue weighted by Crippen LogP contribution is 2.40. The van der Waals surface area contributed by atoms with Crippen LogP contribution in [-0.4, -0.2) is 15.8 Å². The van der Waals surface area contributed by atoms with Gasteiger partial charge in [-0.3, -0.25) is 0 Å². The van der Waals surface area contributed by atoms with E-state index in [0.29, 0.717) is 45.9 Å². The summed E-state index contributed by atoms with van der Waals surface area (Å²) in [5.41, 5.74) is 22.5. The van der Waals surface area contributed by atoms with Gasteiger partial charge in [-0.25, -0.2) is 15.0 Å². The Morgan fingerprint density at radius 3 is 2.54 bits per heavy atom. The van der Waals surface area contributed by atoms with Crippen molar-refractivity contribution in [1.29, 1.82) is 0 Å². The molecule has 0 atom stereocenters. The molecule has 2 heterocycles. The monoisotopic (exact) mass is 374 g/mol. The number of hydrogen-bond acceptors (Lipinski definition) is 7. The van der Waals surface area contributed by atoms with Gasteiger partial charge >= 0.3 is 0 Å². The number of ether oxygens (including phenoxy) is 1. The minimum atomic E-state index is 0.231. The fourth-order valence-corrected chi connectivity index (χ4v) is 3.27. The van der Waals surface area contributed by atoms with Crippen molar-refractivity contribution >= 4 is 23.2 Å². The van der Waals surface area contributed by atoms with E-state index in [1.54, 1.807) is 0 Å². The van der Waals surface area contributed by atoms with Crippen LogP contribution in [0.4, 0.5) is 17.3 Å². The Balaban J connectivity index is 1.84. The summed E-state index contributed by atoms with van der Waals surface area (Å²) >= 11 is 0.